The van der Waals surface area contributed by atoms with Crippen molar-refractivity contribution in [2.45, 2.75) is 38.5 Å². The normalized spacial score (nSPS) is 13.9. The van der Waals surface area contributed by atoms with E-state index in [0.717, 1.165) is 58.1 Å². The van der Waals surface area contributed by atoms with Crippen LogP contribution in [0.4, 0.5) is 15.8 Å². The van der Waals surface area contributed by atoms with Crippen molar-refractivity contribution in [3.8, 4) is 33.9 Å². The molecule has 0 spiro atoms. The number of nitrogens with zero attached hydrogens (tertiary/aromatic N) is 5. The second-order valence-corrected chi connectivity index (χ2v) is 12.7. The first-order chi connectivity index (χ1) is 22.9. The molecule has 1 fully saturated rings. The first-order valence-corrected chi connectivity index (χ1v) is 16.2. The van der Waals surface area contributed by atoms with Crippen molar-refractivity contribution < 1.29 is 9.18 Å². The van der Waals surface area contributed by atoms with Crippen LogP contribution in [0.25, 0.3) is 55.7 Å². The number of H-pyrrole nitrogens is 2. The summed E-state index contributed by atoms with van der Waals surface area (Å²) < 4.78 is 14.7. The summed E-state index contributed by atoms with van der Waals surface area (Å²) in [4.78, 5) is 32.0. The molecule has 0 aliphatic heterocycles. The van der Waals surface area contributed by atoms with Gasteiger partial charge in [0, 0.05) is 65.0 Å². The minimum atomic E-state index is -0.329. The van der Waals surface area contributed by atoms with Gasteiger partial charge in [0.05, 0.1) is 40.7 Å². The maximum atomic E-state index is 14.7. The Morgan fingerprint density at radius 3 is 2.60 bits per heavy atom. The van der Waals surface area contributed by atoms with Crippen molar-refractivity contribution in [2.24, 2.45) is 5.92 Å². The topological polar surface area (TPSA) is 128 Å². The molecule has 1 amide bonds. The lowest BCUT2D eigenvalue weighted by molar-refractivity contribution is -0.117. The molecule has 0 saturated heterocycles. The van der Waals surface area contributed by atoms with Crippen molar-refractivity contribution in [3.63, 3.8) is 0 Å². The maximum Gasteiger partial charge on any atom is 0.224 e. The molecule has 47 heavy (non-hydrogen) atoms. The predicted molar refractivity (Wildman–Crippen MR) is 184 cm³/mol. The fourth-order valence-electron chi connectivity index (χ4n) is 6.46. The van der Waals surface area contributed by atoms with Gasteiger partial charge in [-0.15, -0.1) is 0 Å². The Balaban J connectivity index is 1.16. The van der Waals surface area contributed by atoms with Crippen molar-refractivity contribution in [1.82, 2.24) is 35.0 Å². The van der Waals surface area contributed by atoms with E-state index in [-0.39, 0.29) is 11.7 Å². The molecule has 7 rings (SSSR count). The minimum Gasteiger partial charge on any atom is -0.384 e. The third kappa shape index (κ3) is 6.85. The summed E-state index contributed by atoms with van der Waals surface area (Å²) in [5, 5.41) is 15.8. The van der Waals surface area contributed by atoms with E-state index in [2.05, 4.69) is 45.7 Å². The lowest BCUT2D eigenvalue weighted by Gasteiger charge is -2.20. The van der Waals surface area contributed by atoms with E-state index in [1.165, 1.54) is 31.4 Å². The molecule has 1 aromatic carbocycles. The maximum absolute atomic E-state index is 14.7. The zero-order valence-electron chi connectivity index (χ0n) is 26.6. The van der Waals surface area contributed by atoms with Gasteiger partial charge >= 0.3 is 0 Å². The van der Waals surface area contributed by atoms with Gasteiger partial charge in [0.15, 0.2) is 0 Å². The summed E-state index contributed by atoms with van der Waals surface area (Å²) in [6.07, 6.45) is 13.4. The average Bonchev–Trinajstić information content (AvgIpc) is 3.69. The zero-order valence-corrected chi connectivity index (χ0v) is 26.6. The van der Waals surface area contributed by atoms with Gasteiger partial charge in [0.25, 0.3) is 0 Å². The van der Waals surface area contributed by atoms with Gasteiger partial charge < -0.3 is 20.5 Å². The third-order valence-electron chi connectivity index (χ3n) is 8.83. The van der Waals surface area contributed by atoms with Crippen LogP contribution in [0.15, 0.2) is 67.3 Å². The number of pyridine rings is 3. The highest BCUT2D eigenvalue weighted by Gasteiger charge is 2.19. The van der Waals surface area contributed by atoms with Crippen molar-refractivity contribution >= 4 is 39.1 Å². The standard InChI is InChI=1S/C36H38FN9O/c1-46(2)11-10-39-26-14-23(13-25(37)16-26)35-28-18-32(43-30(28)8-9-40-35)36-29-17-31(41-21-33(29)44-45-36)24-15-27(20-38-19-24)42-34(47)12-22-6-4-3-5-7-22/h8-9,13-22,39,43H,3-7,10-12H2,1-2H3,(H,42,47)(H,44,45). The van der Waals surface area contributed by atoms with E-state index in [9.17, 15) is 9.18 Å². The molecular formula is C36H38FN9O. The molecule has 1 aliphatic carbocycles. The number of likely N-dealkylation sites (N-methyl/N-ethyl adjacent to an activating group) is 1. The van der Waals surface area contributed by atoms with Gasteiger partial charge in [-0.3, -0.25) is 24.8 Å². The number of carbonyl (C=O) groups excluding carboxylic acids is 1. The van der Waals surface area contributed by atoms with Gasteiger partial charge in [-0.25, -0.2) is 4.39 Å². The number of benzene rings is 1. The molecule has 10 nitrogen and oxygen atoms in total. The van der Waals surface area contributed by atoms with E-state index >= 15 is 0 Å². The number of halogens is 1. The monoisotopic (exact) mass is 631 g/mol. The number of carbonyl (C=O) groups is 1. The van der Waals surface area contributed by atoms with Crippen LogP contribution >= 0.6 is 0 Å². The summed E-state index contributed by atoms with van der Waals surface area (Å²) in [5.74, 6) is 0.158. The Kier molecular flexibility index (Phi) is 8.62. The molecule has 6 aromatic rings. The van der Waals surface area contributed by atoms with E-state index in [1.807, 2.05) is 44.4 Å². The van der Waals surface area contributed by atoms with Crippen LogP contribution in [0.5, 0.6) is 0 Å². The summed E-state index contributed by atoms with van der Waals surface area (Å²) >= 11 is 0. The number of rotatable bonds is 10. The first kappa shape index (κ1) is 30.5. The Morgan fingerprint density at radius 2 is 1.74 bits per heavy atom. The fourth-order valence-corrected chi connectivity index (χ4v) is 6.46. The highest BCUT2D eigenvalue weighted by Crippen LogP contribution is 2.35. The Labute approximate surface area is 272 Å². The molecule has 0 radical (unpaired) electrons. The number of hydrogen-bond donors (Lipinski definition) is 4. The number of amides is 1. The van der Waals surface area contributed by atoms with E-state index in [0.29, 0.717) is 47.2 Å². The van der Waals surface area contributed by atoms with Crippen LogP contribution in [0, 0.1) is 11.7 Å². The molecule has 0 atom stereocenters. The lowest BCUT2D eigenvalue weighted by atomic mass is 9.87. The van der Waals surface area contributed by atoms with Crippen LogP contribution < -0.4 is 10.6 Å². The van der Waals surface area contributed by atoms with Crippen LogP contribution in [-0.2, 0) is 4.79 Å². The molecular weight excluding hydrogens is 593 g/mol. The summed E-state index contributed by atoms with van der Waals surface area (Å²) in [6, 6.07) is 12.7. The number of hydrogen-bond acceptors (Lipinski definition) is 7. The van der Waals surface area contributed by atoms with Crippen LogP contribution in [0.3, 0.4) is 0 Å². The number of fused-ring (bicyclic) bond motifs is 2. The smallest absolute Gasteiger partial charge is 0.224 e. The molecule has 11 heteroatoms. The molecule has 5 heterocycles. The first-order valence-electron chi connectivity index (χ1n) is 16.2. The summed E-state index contributed by atoms with van der Waals surface area (Å²) in [6.45, 7) is 1.52. The van der Waals surface area contributed by atoms with Crippen LogP contribution in [0.2, 0.25) is 0 Å². The van der Waals surface area contributed by atoms with E-state index in [1.54, 1.807) is 24.8 Å². The molecule has 5 aromatic heterocycles. The number of aromatic amines is 2. The zero-order chi connectivity index (χ0) is 32.3. The van der Waals surface area contributed by atoms with Gasteiger partial charge in [-0.05, 0) is 75.3 Å². The van der Waals surface area contributed by atoms with E-state index < -0.39 is 0 Å². The highest BCUT2D eigenvalue weighted by molar-refractivity contribution is 6.00. The molecule has 0 bridgehead atoms. The molecule has 1 saturated carbocycles. The van der Waals surface area contributed by atoms with Gasteiger partial charge in [-0.1, -0.05) is 19.3 Å². The van der Waals surface area contributed by atoms with Gasteiger partial charge in [0.1, 0.15) is 11.5 Å². The third-order valence-corrected chi connectivity index (χ3v) is 8.83. The molecule has 1 aliphatic rings. The summed E-state index contributed by atoms with van der Waals surface area (Å²) in [7, 11) is 4.00. The van der Waals surface area contributed by atoms with Crippen LogP contribution in [0.1, 0.15) is 38.5 Å². The number of aromatic nitrogens is 6. The second kappa shape index (κ2) is 13.3. The van der Waals surface area contributed by atoms with E-state index in [4.69, 9.17) is 0 Å². The van der Waals surface area contributed by atoms with Gasteiger partial charge in [0.2, 0.25) is 5.91 Å². The lowest BCUT2D eigenvalue weighted by Crippen LogP contribution is -2.20. The predicted octanol–water partition coefficient (Wildman–Crippen LogP) is 7.25. The highest BCUT2D eigenvalue weighted by atomic mass is 19.1. The van der Waals surface area contributed by atoms with Gasteiger partial charge in [-0.2, -0.15) is 5.10 Å². The largest absolute Gasteiger partial charge is 0.384 e. The fraction of sp³-hybridized carbons (Fsp3) is 0.306. The number of anilines is 2. The molecule has 0 unspecified atom stereocenters. The van der Waals surface area contributed by atoms with Crippen molar-refractivity contribution in [3.05, 3.63) is 73.1 Å². The summed E-state index contributed by atoms with van der Waals surface area (Å²) in [5.41, 5.74) is 7.38. The minimum absolute atomic E-state index is 0.0270. The average molecular weight is 632 g/mol. The Morgan fingerprint density at radius 1 is 0.915 bits per heavy atom. The second-order valence-electron chi connectivity index (χ2n) is 12.7. The quantitative estimate of drug-likeness (QED) is 0.125. The SMILES string of the molecule is CN(C)CCNc1cc(F)cc(-c2nccc3[nH]c(-c4n[nH]c5cnc(-c6cncc(NC(=O)CC7CCCCC7)c6)cc45)cc23)c1. The van der Waals surface area contributed by atoms with Crippen LogP contribution in [-0.4, -0.2) is 68.1 Å². The van der Waals surface area contributed by atoms with Crippen molar-refractivity contribution in [2.75, 3.05) is 37.8 Å². The number of nitrogens with one attached hydrogen (secondary N) is 4. The Bertz CT molecular complexity index is 2040. The van der Waals surface area contributed by atoms with Crippen molar-refractivity contribution in [1.29, 1.82) is 0 Å². The molecule has 240 valence electrons. The molecule has 4 N–H and O–H groups in total. The Hall–Kier alpha value is -5.16.